The fourth-order valence-corrected chi connectivity index (χ4v) is 3.98. The molecule has 1 saturated heterocycles. The van der Waals surface area contributed by atoms with Crippen molar-refractivity contribution < 1.29 is 13.5 Å². The number of fused-ring (bicyclic) bond motifs is 1. The molecule has 0 aromatic heterocycles. The highest BCUT2D eigenvalue weighted by Crippen LogP contribution is 2.39. The van der Waals surface area contributed by atoms with Gasteiger partial charge in [-0.2, -0.15) is 0 Å². The van der Waals surface area contributed by atoms with Gasteiger partial charge in [0.15, 0.2) is 0 Å². The summed E-state index contributed by atoms with van der Waals surface area (Å²) in [7, 11) is 3.78. The third-order valence-electron chi connectivity index (χ3n) is 5.22. The van der Waals surface area contributed by atoms with Gasteiger partial charge in [0.1, 0.15) is 5.75 Å². The van der Waals surface area contributed by atoms with Crippen molar-refractivity contribution in [2.45, 2.75) is 31.7 Å². The van der Waals surface area contributed by atoms with Crippen LogP contribution in [0.5, 0.6) is 5.75 Å². The van der Waals surface area contributed by atoms with Crippen LogP contribution in [0.15, 0.2) is 12.1 Å². The van der Waals surface area contributed by atoms with Crippen molar-refractivity contribution in [2.75, 3.05) is 33.8 Å². The van der Waals surface area contributed by atoms with Crippen LogP contribution >= 0.6 is 0 Å². The summed E-state index contributed by atoms with van der Waals surface area (Å²) in [5.74, 6) is 1.25. The van der Waals surface area contributed by atoms with Crippen molar-refractivity contribution in [1.82, 2.24) is 10.2 Å². The maximum atomic E-state index is 13.2. The molecule has 1 aromatic carbocycles. The minimum Gasteiger partial charge on any atom is -0.496 e. The average molecular weight is 310 g/mol. The Morgan fingerprint density at radius 3 is 2.82 bits per heavy atom. The number of rotatable bonds is 3. The standard InChI is InChI=1S/C17H24F2N2O/c1-21-8-7-20-10-15(21)11-3-4-12-13(17(18)19)5-6-16(22-2)14(12)9-11/h5-6,11,15,17,20H,3-4,7-10H2,1-2H3. The summed E-state index contributed by atoms with van der Waals surface area (Å²) in [5, 5.41) is 3.45. The van der Waals surface area contributed by atoms with Crippen LogP contribution in [0.25, 0.3) is 0 Å². The van der Waals surface area contributed by atoms with Gasteiger partial charge in [-0.15, -0.1) is 0 Å². The largest absolute Gasteiger partial charge is 0.496 e. The van der Waals surface area contributed by atoms with Gasteiger partial charge in [0, 0.05) is 31.2 Å². The van der Waals surface area contributed by atoms with Crippen molar-refractivity contribution in [3.63, 3.8) is 0 Å². The molecule has 0 saturated carbocycles. The van der Waals surface area contributed by atoms with Crippen LogP contribution in [0.1, 0.15) is 29.5 Å². The van der Waals surface area contributed by atoms with E-state index in [1.54, 1.807) is 13.2 Å². The maximum absolute atomic E-state index is 13.2. The zero-order chi connectivity index (χ0) is 15.7. The van der Waals surface area contributed by atoms with E-state index in [1.165, 1.54) is 6.07 Å². The normalized spacial score (nSPS) is 26.0. The average Bonchev–Trinajstić information content (AvgIpc) is 2.53. The van der Waals surface area contributed by atoms with Crippen LogP contribution < -0.4 is 10.1 Å². The number of alkyl halides is 2. The molecule has 1 heterocycles. The van der Waals surface area contributed by atoms with Gasteiger partial charge in [-0.05, 0) is 55.5 Å². The van der Waals surface area contributed by atoms with Gasteiger partial charge in [0.2, 0.25) is 0 Å². The van der Waals surface area contributed by atoms with Crippen molar-refractivity contribution in [2.24, 2.45) is 5.92 Å². The quantitative estimate of drug-likeness (QED) is 0.929. The molecule has 22 heavy (non-hydrogen) atoms. The van der Waals surface area contributed by atoms with Gasteiger partial charge in [0.05, 0.1) is 7.11 Å². The molecule has 1 N–H and O–H groups in total. The Hall–Kier alpha value is -1.20. The van der Waals surface area contributed by atoms with Crippen molar-refractivity contribution in [1.29, 1.82) is 0 Å². The third kappa shape index (κ3) is 2.84. The molecule has 2 aliphatic rings. The second kappa shape index (κ2) is 6.50. The van der Waals surface area contributed by atoms with E-state index < -0.39 is 6.43 Å². The monoisotopic (exact) mass is 310 g/mol. The molecular weight excluding hydrogens is 286 g/mol. The molecule has 0 radical (unpaired) electrons. The van der Waals surface area contributed by atoms with Crippen LogP contribution in [-0.2, 0) is 12.8 Å². The molecule has 1 aliphatic carbocycles. The predicted octanol–water partition coefficient (Wildman–Crippen LogP) is 2.64. The van der Waals surface area contributed by atoms with Gasteiger partial charge in [-0.1, -0.05) is 0 Å². The molecule has 1 fully saturated rings. The number of benzene rings is 1. The Morgan fingerprint density at radius 2 is 2.14 bits per heavy atom. The van der Waals surface area contributed by atoms with Crippen LogP contribution in [0, 0.1) is 5.92 Å². The zero-order valence-electron chi connectivity index (χ0n) is 13.2. The Morgan fingerprint density at radius 1 is 1.32 bits per heavy atom. The summed E-state index contributed by atoms with van der Waals surface area (Å²) in [6.45, 7) is 3.05. The first-order chi connectivity index (χ1) is 10.6. The fraction of sp³-hybridized carbons (Fsp3) is 0.647. The van der Waals surface area contributed by atoms with Gasteiger partial charge in [-0.25, -0.2) is 8.78 Å². The highest BCUT2D eigenvalue weighted by atomic mass is 19.3. The fourth-order valence-electron chi connectivity index (χ4n) is 3.98. The Labute approximate surface area is 130 Å². The van der Waals surface area contributed by atoms with Crippen molar-refractivity contribution in [3.05, 3.63) is 28.8 Å². The van der Waals surface area contributed by atoms with E-state index >= 15 is 0 Å². The summed E-state index contributed by atoms with van der Waals surface area (Å²) in [6, 6.07) is 3.70. The lowest BCUT2D eigenvalue weighted by molar-refractivity contribution is 0.129. The lowest BCUT2D eigenvalue weighted by Gasteiger charge is -2.41. The topological polar surface area (TPSA) is 24.5 Å². The molecule has 0 amide bonds. The van der Waals surface area contributed by atoms with Crippen molar-refractivity contribution in [3.8, 4) is 5.75 Å². The molecule has 3 nitrogen and oxygen atoms in total. The number of hydrogen-bond acceptors (Lipinski definition) is 3. The first-order valence-corrected chi connectivity index (χ1v) is 7.99. The Balaban J connectivity index is 1.89. The van der Waals surface area contributed by atoms with E-state index in [9.17, 15) is 8.78 Å². The highest BCUT2D eigenvalue weighted by molar-refractivity contribution is 5.47. The smallest absolute Gasteiger partial charge is 0.264 e. The minimum atomic E-state index is -2.41. The molecular formula is C17H24F2N2O. The molecule has 122 valence electrons. The zero-order valence-corrected chi connectivity index (χ0v) is 13.2. The second-order valence-electron chi connectivity index (χ2n) is 6.37. The first kappa shape index (κ1) is 15.7. The van der Waals surface area contributed by atoms with Crippen LogP contribution in [0.3, 0.4) is 0 Å². The summed E-state index contributed by atoms with van der Waals surface area (Å²) < 4.78 is 31.9. The number of nitrogens with zero attached hydrogens (tertiary/aromatic N) is 1. The SMILES string of the molecule is COc1ccc(C(F)F)c2c1CC(C1CNCCN1C)CC2. The van der Waals surface area contributed by atoms with Crippen LogP contribution in [-0.4, -0.2) is 44.7 Å². The summed E-state index contributed by atoms with van der Waals surface area (Å²) in [4.78, 5) is 2.40. The molecule has 1 aromatic rings. The summed E-state index contributed by atoms with van der Waals surface area (Å²) in [6.07, 6.45) is 0.114. The number of nitrogens with one attached hydrogen (secondary N) is 1. The van der Waals surface area contributed by atoms with E-state index in [4.69, 9.17) is 4.74 Å². The molecule has 5 heteroatoms. The molecule has 2 unspecified atom stereocenters. The number of methoxy groups -OCH3 is 1. The predicted molar refractivity (Wildman–Crippen MR) is 82.8 cm³/mol. The lowest BCUT2D eigenvalue weighted by atomic mass is 9.77. The lowest BCUT2D eigenvalue weighted by Crippen LogP contribution is -2.53. The highest BCUT2D eigenvalue weighted by Gasteiger charge is 2.33. The van der Waals surface area contributed by atoms with Gasteiger partial charge >= 0.3 is 0 Å². The van der Waals surface area contributed by atoms with Gasteiger partial charge in [-0.3, -0.25) is 0 Å². The molecule has 2 atom stereocenters. The number of halogens is 2. The number of likely N-dealkylation sites (N-methyl/N-ethyl adjacent to an activating group) is 1. The molecule has 1 aliphatic heterocycles. The first-order valence-electron chi connectivity index (χ1n) is 7.99. The van der Waals surface area contributed by atoms with Crippen LogP contribution in [0.2, 0.25) is 0 Å². The Kier molecular flexibility index (Phi) is 4.64. The van der Waals surface area contributed by atoms with Gasteiger partial charge in [0.25, 0.3) is 6.43 Å². The number of hydrogen-bond donors (Lipinski definition) is 1. The third-order valence-corrected chi connectivity index (χ3v) is 5.22. The molecule has 0 spiro atoms. The molecule has 3 rings (SSSR count). The van der Waals surface area contributed by atoms with Crippen molar-refractivity contribution >= 4 is 0 Å². The number of ether oxygens (including phenoxy) is 1. The summed E-state index contributed by atoms with van der Waals surface area (Å²) >= 11 is 0. The van der Waals surface area contributed by atoms with Gasteiger partial charge < -0.3 is 15.0 Å². The number of piperazine rings is 1. The Bertz CT molecular complexity index is 536. The summed E-state index contributed by atoms with van der Waals surface area (Å²) in [5.41, 5.74) is 2.00. The van der Waals surface area contributed by atoms with E-state index in [-0.39, 0.29) is 5.56 Å². The second-order valence-corrected chi connectivity index (χ2v) is 6.37. The van der Waals surface area contributed by atoms with E-state index in [1.807, 2.05) is 0 Å². The van der Waals surface area contributed by atoms with E-state index in [0.717, 1.165) is 55.8 Å². The molecule has 0 bridgehead atoms. The van der Waals surface area contributed by atoms with E-state index in [2.05, 4.69) is 17.3 Å². The maximum Gasteiger partial charge on any atom is 0.264 e. The minimum absolute atomic E-state index is 0.185. The van der Waals surface area contributed by atoms with Crippen LogP contribution in [0.4, 0.5) is 8.78 Å². The van der Waals surface area contributed by atoms with E-state index in [0.29, 0.717) is 12.0 Å².